The maximum absolute atomic E-state index is 12.9. The zero-order valence-electron chi connectivity index (χ0n) is 17.1. The van der Waals surface area contributed by atoms with Crippen molar-refractivity contribution in [2.75, 3.05) is 23.7 Å². The number of sulfonamides is 1. The summed E-state index contributed by atoms with van der Waals surface area (Å²) in [5, 5.41) is 3.07. The van der Waals surface area contributed by atoms with Crippen molar-refractivity contribution < 1.29 is 17.9 Å². The number of rotatable bonds is 6. The van der Waals surface area contributed by atoms with Gasteiger partial charge < -0.3 is 10.1 Å². The van der Waals surface area contributed by atoms with Gasteiger partial charge in [-0.3, -0.25) is 9.10 Å². The summed E-state index contributed by atoms with van der Waals surface area (Å²) in [7, 11) is -1.68. The standard InChI is InChI=1S/C22H28N2O4S/c1-4-20(17-10-11-21(28-3)16(2)14-17)23-22(25)18-8-7-9-19(15-18)24-12-5-6-13-29(24,26)27/h7-11,14-15,20H,4-6,12-13H2,1-3H3,(H,23,25)/t20-/m0/s1. The van der Waals surface area contributed by atoms with Crippen molar-refractivity contribution in [1.82, 2.24) is 5.32 Å². The molecule has 2 aromatic rings. The quantitative estimate of drug-likeness (QED) is 0.777. The summed E-state index contributed by atoms with van der Waals surface area (Å²) in [6.45, 7) is 4.44. The van der Waals surface area contributed by atoms with Gasteiger partial charge in [-0.1, -0.05) is 25.1 Å². The van der Waals surface area contributed by atoms with Crippen molar-refractivity contribution in [2.24, 2.45) is 0 Å². The number of nitrogens with one attached hydrogen (secondary N) is 1. The number of aryl methyl sites for hydroxylation is 1. The summed E-state index contributed by atoms with van der Waals surface area (Å²) >= 11 is 0. The molecular weight excluding hydrogens is 388 g/mol. The number of anilines is 1. The molecule has 156 valence electrons. The molecule has 0 aliphatic carbocycles. The highest BCUT2D eigenvalue weighted by atomic mass is 32.2. The normalized spacial score (nSPS) is 16.9. The third-order valence-electron chi connectivity index (χ3n) is 5.28. The molecule has 6 nitrogen and oxygen atoms in total. The van der Waals surface area contributed by atoms with Crippen LogP contribution in [0.1, 0.15) is 53.7 Å². The molecule has 29 heavy (non-hydrogen) atoms. The van der Waals surface area contributed by atoms with Gasteiger partial charge in [-0.2, -0.15) is 0 Å². The first-order valence-corrected chi connectivity index (χ1v) is 11.5. The molecule has 1 heterocycles. The predicted molar refractivity (Wildman–Crippen MR) is 115 cm³/mol. The van der Waals surface area contributed by atoms with Crippen LogP contribution < -0.4 is 14.4 Å². The third-order valence-corrected chi connectivity index (χ3v) is 7.15. The highest BCUT2D eigenvalue weighted by Crippen LogP contribution is 2.26. The lowest BCUT2D eigenvalue weighted by Gasteiger charge is -2.28. The second-order valence-electron chi connectivity index (χ2n) is 7.31. The molecule has 3 rings (SSSR count). The molecule has 1 atom stereocenters. The number of amides is 1. The monoisotopic (exact) mass is 416 g/mol. The van der Waals surface area contributed by atoms with E-state index >= 15 is 0 Å². The van der Waals surface area contributed by atoms with Gasteiger partial charge in [0.2, 0.25) is 10.0 Å². The van der Waals surface area contributed by atoms with Crippen LogP contribution in [0.3, 0.4) is 0 Å². The van der Waals surface area contributed by atoms with Crippen LogP contribution >= 0.6 is 0 Å². The fraction of sp³-hybridized carbons (Fsp3) is 0.409. The smallest absolute Gasteiger partial charge is 0.251 e. The summed E-state index contributed by atoms with van der Waals surface area (Å²) in [4.78, 5) is 12.9. The van der Waals surface area contributed by atoms with Crippen LogP contribution in [-0.2, 0) is 10.0 Å². The SMILES string of the molecule is CC[C@H](NC(=O)c1cccc(N2CCCCS2(=O)=O)c1)c1ccc(OC)c(C)c1. The van der Waals surface area contributed by atoms with Crippen LogP contribution in [0.2, 0.25) is 0 Å². The Kier molecular flexibility index (Phi) is 6.47. The van der Waals surface area contributed by atoms with Crippen LogP contribution in [0.15, 0.2) is 42.5 Å². The van der Waals surface area contributed by atoms with Gasteiger partial charge in [-0.05, 0) is 61.6 Å². The minimum Gasteiger partial charge on any atom is -0.496 e. The highest BCUT2D eigenvalue weighted by molar-refractivity contribution is 7.92. The van der Waals surface area contributed by atoms with E-state index in [0.29, 0.717) is 24.2 Å². The first-order valence-electron chi connectivity index (χ1n) is 9.91. The maximum atomic E-state index is 12.9. The Hall–Kier alpha value is -2.54. The van der Waals surface area contributed by atoms with E-state index < -0.39 is 10.0 Å². The topological polar surface area (TPSA) is 75.7 Å². The minimum atomic E-state index is -3.31. The molecular formula is C22H28N2O4S. The van der Waals surface area contributed by atoms with E-state index in [1.54, 1.807) is 31.4 Å². The zero-order chi connectivity index (χ0) is 21.0. The fourth-order valence-electron chi connectivity index (χ4n) is 3.66. The number of nitrogens with zero attached hydrogens (tertiary/aromatic N) is 1. The van der Waals surface area contributed by atoms with E-state index in [2.05, 4.69) is 5.32 Å². The molecule has 1 N–H and O–H groups in total. The van der Waals surface area contributed by atoms with Crippen molar-refractivity contribution in [1.29, 1.82) is 0 Å². The van der Waals surface area contributed by atoms with E-state index in [-0.39, 0.29) is 17.7 Å². The summed E-state index contributed by atoms with van der Waals surface area (Å²) in [5.41, 5.74) is 3.02. The predicted octanol–water partition coefficient (Wildman–Crippen LogP) is 3.81. The largest absolute Gasteiger partial charge is 0.496 e. The number of benzene rings is 2. The summed E-state index contributed by atoms with van der Waals surface area (Å²) in [5.74, 6) is 0.741. The van der Waals surface area contributed by atoms with Crippen molar-refractivity contribution >= 4 is 21.6 Å². The average Bonchev–Trinajstić information content (AvgIpc) is 2.71. The van der Waals surface area contributed by atoms with E-state index in [1.807, 2.05) is 32.0 Å². The average molecular weight is 417 g/mol. The second-order valence-corrected chi connectivity index (χ2v) is 9.32. The lowest BCUT2D eigenvalue weighted by molar-refractivity contribution is 0.0935. The number of carbonyl (C=O) groups is 1. The summed E-state index contributed by atoms with van der Waals surface area (Å²) in [6, 6.07) is 12.6. The first kappa shape index (κ1) is 21.2. The fourth-order valence-corrected chi connectivity index (χ4v) is 5.29. The van der Waals surface area contributed by atoms with E-state index in [9.17, 15) is 13.2 Å². The van der Waals surface area contributed by atoms with Crippen molar-refractivity contribution in [3.63, 3.8) is 0 Å². The molecule has 0 unspecified atom stereocenters. The van der Waals surface area contributed by atoms with E-state index in [1.165, 1.54) is 4.31 Å². The lowest BCUT2D eigenvalue weighted by Crippen LogP contribution is -2.38. The first-order chi connectivity index (χ1) is 13.9. The van der Waals surface area contributed by atoms with E-state index in [0.717, 1.165) is 29.7 Å². The Bertz CT molecular complexity index is 988. The minimum absolute atomic E-state index is 0.144. The second kappa shape index (κ2) is 8.86. The van der Waals surface area contributed by atoms with Gasteiger partial charge in [0, 0.05) is 12.1 Å². The Morgan fingerprint density at radius 2 is 2.00 bits per heavy atom. The van der Waals surface area contributed by atoms with Gasteiger partial charge in [0.15, 0.2) is 0 Å². The Balaban J connectivity index is 1.80. The summed E-state index contributed by atoms with van der Waals surface area (Å²) < 4.78 is 31.5. The molecule has 0 radical (unpaired) electrons. The molecule has 2 aromatic carbocycles. The van der Waals surface area contributed by atoms with Crippen LogP contribution in [0.5, 0.6) is 5.75 Å². The molecule has 0 spiro atoms. The van der Waals surface area contributed by atoms with Crippen molar-refractivity contribution in [3.8, 4) is 5.75 Å². The molecule has 1 aliphatic heterocycles. The van der Waals surface area contributed by atoms with Gasteiger partial charge in [0.1, 0.15) is 5.75 Å². The molecule has 0 aromatic heterocycles. The van der Waals surface area contributed by atoms with E-state index in [4.69, 9.17) is 4.74 Å². The molecule has 1 amide bonds. The molecule has 0 bridgehead atoms. The van der Waals surface area contributed by atoms with Gasteiger partial charge in [0.25, 0.3) is 5.91 Å². The zero-order valence-corrected chi connectivity index (χ0v) is 18.0. The Labute approximate surface area is 172 Å². The molecule has 0 saturated carbocycles. The number of methoxy groups -OCH3 is 1. The number of hydrogen-bond donors (Lipinski definition) is 1. The highest BCUT2D eigenvalue weighted by Gasteiger charge is 2.26. The van der Waals surface area contributed by atoms with Gasteiger partial charge in [0.05, 0.1) is 24.6 Å². The van der Waals surface area contributed by atoms with Crippen molar-refractivity contribution in [3.05, 3.63) is 59.2 Å². The van der Waals surface area contributed by atoms with Gasteiger partial charge >= 0.3 is 0 Å². The van der Waals surface area contributed by atoms with Crippen molar-refractivity contribution in [2.45, 2.75) is 39.2 Å². The van der Waals surface area contributed by atoms with Crippen LogP contribution in [0.4, 0.5) is 5.69 Å². The maximum Gasteiger partial charge on any atom is 0.251 e. The van der Waals surface area contributed by atoms with Gasteiger partial charge in [-0.25, -0.2) is 8.42 Å². The van der Waals surface area contributed by atoms with Crippen LogP contribution in [0.25, 0.3) is 0 Å². The number of ether oxygens (including phenoxy) is 1. The lowest BCUT2D eigenvalue weighted by atomic mass is 10.0. The molecule has 1 aliphatic rings. The Morgan fingerprint density at radius 3 is 2.66 bits per heavy atom. The summed E-state index contributed by atoms with van der Waals surface area (Å²) in [6.07, 6.45) is 2.24. The third kappa shape index (κ3) is 4.72. The van der Waals surface area contributed by atoms with Crippen LogP contribution in [0, 0.1) is 6.92 Å². The number of hydrogen-bond acceptors (Lipinski definition) is 4. The molecule has 1 saturated heterocycles. The van der Waals surface area contributed by atoms with Crippen LogP contribution in [-0.4, -0.2) is 33.7 Å². The van der Waals surface area contributed by atoms with Gasteiger partial charge in [-0.15, -0.1) is 0 Å². The molecule has 7 heteroatoms. The Morgan fingerprint density at radius 1 is 1.21 bits per heavy atom. The molecule has 1 fully saturated rings. The number of carbonyl (C=O) groups excluding carboxylic acids is 1.